The van der Waals surface area contributed by atoms with Crippen molar-refractivity contribution in [2.45, 2.75) is 18.0 Å². The van der Waals surface area contributed by atoms with E-state index in [1.54, 1.807) is 48.8 Å². The molecule has 1 amide bonds. The highest BCUT2D eigenvalue weighted by atomic mass is 35.5. The summed E-state index contributed by atoms with van der Waals surface area (Å²) >= 11 is 12.2. The van der Waals surface area contributed by atoms with Crippen molar-refractivity contribution >= 4 is 39.1 Å². The molecule has 0 aliphatic rings. The lowest BCUT2D eigenvalue weighted by molar-refractivity contribution is -0.121. The fourth-order valence-electron chi connectivity index (χ4n) is 2.73. The van der Waals surface area contributed by atoms with Gasteiger partial charge in [-0.15, -0.1) is 0 Å². The zero-order chi connectivity index (χ0) is 21.6. The summed E-state index contributed by atoms with van der Waals surface area (Å²) in [4.78, 5) is 16.6. The molecule has 0 aliphatic heterocycles. The first-order valence-electron chi connectivity index (χ1n) is 9.01. The molecule has 0 fully saturated rings. The number of nitrogens with one attached hydrogen (secondary N) is 1. The fourth-order valence-corrected chi connectivity index (χ4v) is 4.59. The van der Waals surface area contributed by atoms with Crippen LogP contribution in [0.1, 0.15) is 11.1 Å². The van der Waals surface area contributed by atoms with Crippen LogP contribution in [0.5, 0.6) is 0 Å². The standard InChI is InChI=1S/C21H19Cl2N3O3S/c22-18-9-8-17(20(23)11-18)14-26(30(28,29)19-6-2-1-3-7-19)15-21(27)25-13-16-5-4-10-24-12-16/h1-12H,13-15H2,(H,25,27). The first-order valence-corrected chi connectivity index (χ1v) is 11.2. The average molecular weight is 464 g/mol. The molecule has 3 aromatic rings. The number of hydrogen-bond donors (Lipinski definition) is 1. The minimum atomic E-state index is -3.94. The lowest BCUT2D eigenvalue weighted by Gasteiger charge is -2.22. The normalized spacial score (nSPS) is 11.4. The van der Waals surface area contributed by atoms with E-state index in [4.69, 9.17) is 23.2 Å². The molecule has 0 saturated carbocycles. The maximum Gasteiger partial charge on any atom is 0.243 e. The summed E-state index contributed by atoms with van der Waals surface area (Å²) in [5.74, 6) is -0.441. The number of nitrogens with zero attached hydrogens (tertiary/aromatic N) is 2. The Morgan fingerprint density at radius 1 is 1.03 bits per heavy atom. The van der Waals surface area contributed by atoms with E-state index in [1.165, 1.54) is 18.2 Å². The van der Waals surface area contributed by atoms with Crippen LogP contribution in [0.4, 0.5) is 0 Å². The summed E-state index contributed by atoms with van der Waals surface area (Å²) in [6, 6.07) is 16.3. The number of hydrogen-bond acceptors (Lipinski definition) is 4. The van der Waals surface area contributed by atoms with Gasteiger partial charge in [0.1, 0.15) is 0 Å². The van der Waals surface area contributed by atoms with Gasteiger partial charge in [0.2, 0.25) is 15.9 Å². The summed E-state index contributed by atoms with van der Waals surface area (Å²) in [6.07, 6.45) is 3.27. The average Bonchev–Trinajstić information content (AvgIpc) is 2.75. The minimum absolute atomic E-state index is 0.0759. The molecule has 0 atom stereocenters. The lowest BCUT2D eigenvalue weighted by atomic mass is 10.2. The molecule has 0 spiro atoms. The van der Waals surface area contributed by atoms with Crippen LogP contribution < -0.4 is 5.32 Å². The molecule has 2 aromatic carbocycles. The van der Waals surface area contributed by atoms with E-state index in [1.807, 2.05) is 6.07 Å². The predicted octanol–water partition coefficient (Wildman–Crippen LogP) is 3.90. The molecule has 1 aromatic heterocycles. The Kier molecular flexibility index (Phi) is 7.44. The zero-order valence-electron chi connectivity index (χ0n) is 15.8. The van der Waals surface area contributed by atoms with E-state index >= 15 is 0 Å². The molecule has 0 bridgehead atoms. The van der Waals surface area contributed by atoms with Crippen LogP contribution in [-0.4, -0.2) is 30.2 Å². The number of amides is 1. The maximum atomic E-state index is 13.2. The minimum Gasteiger partial charge on any atom is -0.351 e. The van der Waals surface area contributed by atoms with Gasteiger partial charge >= 0.3 is 0 Å². The quantitative estimate of drug-likeness (QED) is 0.549. The number of halogens is 2. The third kappa shape index (κ3) is 5.79. The van der Waals surface area contributed by atoms with Crippen molar-refractivity contribution in [3.05, 3.63) is 94.2 Å². The Morgan fingerprint density at radius 2 is 1.80 bits per heavy atom. The van der Waals surface area contributed by atoms with Crippen LogP contribution in [0.3, 0.4) is 0 Å². The van der Waals surface area contributed by atoms with Crippen molar-refractivity contribution in [2.75, 3.05) is 6.54 Å². The molecule has 156 valence electrons. The Bertz CT molecular complexity index is 1110. The lowest BCUT2D eigenvalue weighted by Crippen LogP contribution is -2.40. The smallest absolute Gasteiger partial charge is 0.243 e. The summed E-state index contributed by atoms with van der Waals surface area (Å²) < 4.78 is 27.5. The van der Waals surface area contributed by atoms with Gasteiger partial charge in [0, 0.05) is 35.5 Å². The highest BCUT2D eigenvalue weighted by Gasteiger charge is 2.27. The highest BCUT2D eigenvalue weighted by molar-refractivity contribution is 7.89. The van der Waals surface area contributed by atoms with Gasteiger partial charge in [-0.3, -0.25) is 9.78 Å². The molecule has 30 heavy (non-hydrogen) atoms. The largest absolute Gasteiger partial charge is 0.351 e. The van der Waals surface area contributed by atoms with Crippen molar-refractivity contribution in [3.63, 3.8) is 0 Å². The van der Waals surface area contributed by atoms with Crippen molar-refractivity contribution in [2.24, 2.45) is 0 Å². The fraction of sp³-hybridized carbons (Fsp3) is 0.143. The van der Waals surface area contributed by atoms with E-state index < -0.39 is 15.9 Å². The van der Waals surface area contributed by atoms with Crippen molar-refractivity contribution in [3.8, 4) is 0 Å². The Hall–Kier alpha value is -2.45. The van der Waals surface area contributed by atoms with Gasteiger partial charge in [0.25, 0.3) is 0 Å². The Balaban J connectivity index is 1.82. The summed E-state index contributed by atoms with van der Waals surface area (Å²) in [6.45, 7) is -0.197. The molecule has 3 rings (SSSR count). The Morgan fingerprint density at radius 3 is 2.47 bits per heavy atom. The topological polar surface area (TPSA) is 79.4 Å². The van der Waals surface area contributed by atoms with E-state index in [-0.39, 0.29) is 24.5 Å². The molecule has 1 N–H and O–H groups in total. The molecule has 9 heteroatoms. The van der Waals surface area contributed by atoms with Gasteiger partial charge in [-0.05, 0) is 41.5 Å². The first kappa shape index (κ1) is 22.2. The summed E-state index contributed by atoms with van der Waals surface area (Å²) in [5.41, 5.74) is 1.35. The van der Waals surface area contributed by atoms with Gasteiger partial charge in [-0.2, -0.15) is 4.31 Å². The summed E-state index contributed by atoms with van der Waals surface area (Å²) in [5, 5.41) is 3.49. The number of carbonyl (C=O) groups excluding carboxylic acids is 1. The van der Waals surface area contributed by atoms with Crippen molar-refractivity contribution in [1.29, 1.82) is 0 Å². The predicted molar refractivity (Wildman–Crippen MR) is 117 cm³/mol. The van der Waals surface area contributed by atoms with Crippen molar-refractivity contribution < 1.29 is 13.2 Å². The van der Waals surface area contributed by atoms with Gasteiger partial charge in [0.05, 0.1) is 11.4 Å². The van der Waals surface area contributed by atoms with Crippen LogP contribution in [0, 0.1) is 0 Å². The van der Waals surface area contributed by atoms with E-state index in [0.717, 1.165) is 9.87 Å². The van der Waals surface area contributed by atoms with Crippen LogP contribution in [0.2, 0.25) is 10.0 Å². The number of pyridine rings is 1. The molecule has 6 nitrogen and oxygen atoms in total. The van der Waals surface area contributed by atoms with Gasteiger partial charge in [-0.1, -0.05) is 53.5 Å². The zero-order valence-corrected chi connectivity index (χ0v) is 18.2. The van der Waals surface area contributed by atoms with Crippen LogP contribution in [0.25, 0.3) is 0 Å². The number of sulfonamides is 1. The third-order valence-corrected chi connectivity index (χ3v) is 6.67. The first-order chi connectivity index (χ1) is 14.4. The number of rotatable bonds is 8. The molecule has 0 aliphatic carbocycles. The van der Waals surface area contributed by atoms with Crippen LogP contribution in [-0.2, 0) is 27.9 Å². The van der Waals surface area contributed by atoms with Gasteiger partial charge < -0.3 is 5.32 Å². The molecule has 0 radical (unpaired) electrons. The molecule has 0 unspecified atom stereocenters. The number of aromatic nitrogens is 1. The number of carbonyl (C=O) groups is 1. The molecular formula is C21H19Cl2N3O3S. The highest BCUT2D eigenvalue weighted by Crippen LogP contribution is 2.25. The van der Waals surface area contributed by atoms with Crippen LogP contribution >= 0.6 is 23.2 Å². The third-order valence-electron chi connectivity index (χ3n) is 4.28. The number of benzene rings is 2. The Labute approximate surface area is 185 Å². The maximum absolute atomic E-state index is 13.2. The SMILES string of the molecule is O=C(CN(Cc1ccc(Cl)cc1Cl)S(=O)(=O)c1ccccc1)NCc1cccnc1. The molecule has 1 heterocycles. The van der Waals surface area contributed by atoms with E-state index in [2.05, 4.69) is 10.3 Å². The van der Waals surface area contributed by atoms with Crippen molar-refractivity contribution in [1.82, 2.24) is 14.6 Å². The second-order valence-corrected chi connectivity index (χ2v) is 9.24. The summed E-state index contributed by atoms with van der Waals surface area (Å²) in [7, 11) is -3.94. The van der Waals surface area contributed by atoms with E-state index in [9.17, 15) is 13.2 Å². The monoisotopic (exact) mass is 463 g/mol. The van der Waals surface area contributed by atoms with Gasteiger partial charge in [0.15, 0.2) is 0 Å². The van der Waals surface area contributed by atoms with E-state index in [0.29, 0.717) is 15.6 Å². The second-order valence-electron chi connectivity index (χ2n) is 6.46. The van der Waals surface area contributed by atoms with Gasteiger partial charge in [-0.25, -0.2) is 8.42 Å². The second kappa shape index (κ2) is 10.0. The molecular weight excluding hydrogens is 445 g/mol. The molecule has 0 saturated heterocycles. The van der Waals surface area contributed by atoms with Crippen LogP contribution in [0.15, 0.2) is 78.0 Å².